The van der Waals surface area contributed by atoms with Crippen LogP contribution in [-0.4, -0.2) is 29.1 Å². The van der Waals surface area contributed by atoms with E-state index in [1.165, 1.54) is 7.11 Å². The molecule has 0 spiro atoms. The largest absolute Gasteiger partial charge is 0.409 e. The molecule has 2 N–H and O–H groups in total. The normalized spacial score (nSPS) is 9.40. The zero-order valence-electron chi connectivity index (χ0n) is 5.71. The molecule has 6 nitrogen and oxygen atoms in total. The fourth-order valence-electron chi connectivity index (χ4n) is 0.615. The second kappa shape index (κ2) is 2.42. The van der Waals surface area contributed by atoms with Crippen molar-refractivity contribution >= 4 is 5.95 Å². The molecule has 0 aliphatic carbocycles. The van der Waals surface area contributed by atoms with Gasteiger partial charge >= 0.3 is 5.69 Å². The van der Waals surface area contributed by atoms with Crippen molar-refractivity contribution in [2.75, 3.05) is 19.5 Å². The fourth-order valence-corrected chi connectivity index (χ4v) is 0.615. The quantitative estimate of drug-likeness (QED) is 0.539. The van der Waals surface area contributed by atoms with Crippen molar-refractivity contribution in [3.8, 4) is 0 Å². The molecule has 0 amide bonds. The van der Waals surface area contributed by atoms with E-state index < -0.39 is 5.69 Å². The number of nitrogens with one attached hydrogen (secondary N) is 2. The van der Waals surface area contributed by atoms with E-state index in [1.54, 1.807) is 7.05 Å². The lowest BCUT2D eigenvalue weighted by Gasteiger charge is -1.99. The molecular weight excluding hydrogens is 136 g/mol. The summed E-state index contributed by atoms with van der Waals surface area (Å²) in [6.45, 7) is 0. The number of H-pyrrole nitrogens is 1. The summed E-state index contributed by atoms with van der Waals surface area (Å²) >= 11 is 0. The summed E-state index contributed by atoms with van der Waals surface area (Å²) < 4.78 is 1.01. The Morgan fingerprint density at radius 1 is 1.80 bits per heavy atom. The highest BCUT2D eigenvalue weighted by Gasteiger charge is 2.03. The van der Waals surface area contributed by atoms with Crippen LogP contribution < -0.4 is 15.8 Å². The van der Waals surface area contributed by atoms with Gasteiger partial charge in [0.2, 0.25) is 0 Å². The topological polar surface area (TPSA) is 71.9 Å². The third kappa shape index (κ3) is 0.831. The average molecular weight is 144 g/mol. The van der Waals surface area contributed by atoms with Gasteiger partial charge in [0.1, 0.15) is 7.11 Å². The van der Waals surface area contributed by atoms with Crippen LogP contribution in [0.2, 0.25) is 0 Å². The van der Waals surface area contributed by atoms with Gasteiger partial charge in [0.15, 0.2) is 0 Å². The SMILES string of the molecule is CNc1n[nH]c(=O)n1OC. The maximum atomic E-state index is 10.7. The van der Waals surface area contributed by atoms with E-state index >= 15 is 0 Å². The van der Waals surface area contributed by atoms with Crippen LogP contribution in [0.1, 0.15) is 0 Å². The van der Waals surface area contributed by atoms with E-state index in [4.69, 9.17) is 0 Å². The molecule has 0 saturated heterocycles. The Bertz CT molecular complexity index is 262. The van der Waals surface area contributed by atoms with Crippen LogP contribution in [0.25, 0.3) is 0 Å². The molecule has 0 atom stereocenters. The number of aromatic amines is 1. The molecule has 1 heterocycles. The first-order valence-electron chi connectivity index (χ1n) is 2.69. The molecular formula is C4H8N4O2. The number of hydrogen-bond donors (Lipinski definition) is 2. The second-order valence-corrected chi connectivity index (χ2v) is 1.58. The first-order chi connectivity index (χ1) is 4.79. The van der Waals surface area contributed by atoms with E-state index in [0.717, 1.165) is 4.73 Å². The van der Waals surface area contributed by atoms with Crippen molar-refractivity contribution in [1.29, 1.82) is 0 Å². The molecule has 0 saturated carbocycles. The molecule has 56 valence electrons. The molecule has 1 aromatic rings. The minimum Gasteiger partial charge on any atom is -0.409 e. The van der Waals surface area contributed by atoms with Gasteiger partial charge in [0.25, 0.3) is 5.95 Å². The van der Waals surface area contributed by atoms with Gasteiger partial charge in [-0.2, -0.15) is 0 Å². The van der Waals surface area contributed by atoms with E-state index in [9.17, 15) is 4.79 Å². The van der Waals surface area contributed by atoms with Gasteiger partial charge < -0.3 is 10.2 Å². The minimum atomic E-state index is -0.396. The number of rotatable bonds is 2. The van der Waals surface area contributed by atoms with Crippen molar-refractivity contribution in [2.24, 2.45) is 0 Å². The van der Waals surface area contributed by atoms with Gasteiger partial charge in [-0.15, -0.1) is 5.10 Å². The van der Waals surface area contributed by atoms with Crippen LogP contribution >= 0.6 is 0 Å². The summed E-state index contributed by atoms with van der Waals surface area (Å²) in [6, 6.07) is 0. The number of nitrogens with zero attached hydrogens (tertiary/aromatic N) is 2. The Morgan fingerprint density at radius 2 is 2.50 bits per heavy atom. The zero-order valence-corrected chi connectivity index (χ0v) is 5.71. The summed E-state index contributed by atoms with van der Waals surface area (Å²) in [5.41, 5.74) is -0.396. The van der Waals surface area contributed by atoms with Crippen molar-refractivity contribution in [2.45, 2.75) is 0 Å². The van der Waals surface area contributed by atoms with Gasteiger partial charge in [-0.1, -0.05) is 4.73 Å². The first kappa shape index (κ1) is 6.66. The van der Waals surface area contributed by atoms with Crippen LogP contribution in [0.15, 0.2) is 4.79 Å². The van der Waals surface area contributed by atoms with Gasteiger partial charge in [-0.05, 0) is 0 Å². The number of aromatic nitrogens is 3. The van der Waals surface area contributed by atoms with E-state index in [1.807, 2.05) is 0 Å². The van der Waals surface area contributed by atoms with Gasteiger partial charge in [-0.3, -0.25) is 0 Å². The molecule has 1 rings (SSSR count). The van der Waals surface area contributed by atoms with Crippen LogP contribution in [-0.2, 0) is 0 Å². The summed E-state index contributed by atoms with van der Waals surface area (Å²) in [5, 5.41) is 8.47. The third-order valence-electron chi connectivity index (χ3n) is 1.04. The fraction of sp³-hybridized carbons (Fsp3) is 0.500. The lowest BCUT2D eigenvalue weighted by Crippen LogP contribution is -2.23. The number of hydrogen-bond acceptors (Lipinski definition) is 4. The smallest absolute Gasteiger partial charge is 0.378 e. The molecule has 0 aliphatic heterocycles. The lowest BCUT2D eigenvalue weighted by molar-refractivity contribution is 0.162. The monoisotopic (exact) mass is 144 g/mol. The minimum absolute atomic E-state index is 0.354. The Hall–Kier alpha value is -1.46. The Labute approximate surface area is 56.8 Å². The van der Waals surface area contributed by atoms with Crippen LogP contribution in [0.5, 0.6) is 0 Å². The van der Waals surface area contributed by atoms with E-state index in [2.05, 4.69) is 20.4 Å². The summed E-state index contributed by atoms with van der Waals surface area (Å²) in [7, 11) is 3.03. The standard InChI is InChI=1S/C4H8N4O2/c1-5-3-6-7-4(9)8(3)10-2/h1-2H3,(H,5,6)(H,7,9). The Kier molecular flexibility index (Phi) is 1.61. The zero-order chi connectivity index (χ0) is 7.56. The molecule has 0 unspecified atom stereocenters. The molecule has 0 bridgehead atoms. The van der Waals surface area contributed by atoms with Crippen LogP contribution in [0, 0.1) is 0 Å². The lowest BCUT2D eigenvalue weighted by atomic mass is 11.0. The van der Waals surface area contributed by atoms with E-state index in [0.29, 0.717) is 5.95 Å². The molecule has 1 aromatic heterocycles. The average Bonchev–Trinajstić information content (AvgIpc) is 2.30. The Balaban J connectivity index is 3.13. The van der Waals surface area contributed by atoms with Crippen molar-refractivity contribution in [1.82, 2.24) is 14.9 Å². The maximum Gasteiger partial charge on any atom is 0.378 e. The molecule has 0 aliphatic rings. The summed E-state index contributed by atoms with van der Waals surface area (Å²) in [6.07, 6.45) is 0. The van der Waals surface area contributed by atoms with Gasteiger partial charge in [0, 0.05) is 7.05 Å². The predicted molar refractivity (Wildman–Crippen MR) is 34.9 cm³/mol. The maximum absolute atomic E-state index is 10.7. The summed E-state index contributed by atoms with van der Waals surface area (Å²) in [4.78, 5) is 15.4. The van der Waals surface area contributed by atoms with Crippen LogP contribution in [0.4, 0.5) is 5.95 Å². The molecule has 0 fully saturated rings. The molecule has 10 heavy (non-hydrogen) atoms. The summed E-state index contributed by atoms with van der Waals surface area (Å²) in [5.74, 6) is 0.354. The van der Waals surface area contributed by atoms with Crippen molar-refractivity contribution in [3.63, 3.8) is 0 Å². The first-order valence-corrected chi connectivity index (χ1v) is 2.69. The second-order valence-electron chi connectivity index (χ2n) is 1.58. The van der Waals surface area contributed by atoms with Crippen LogP contribution in [0.3, 0.4) is 0 Å². The highest BCUT2D eigenvalue weighted by molar-refractivity contribution is 5.19. The molecule has 0 radical (unpaired) electrons. The van der Waals surface area contributed by atoms with E-state index in [-0.39, 0.29) is 0 Å². The Morgan fingerprint density at radius 3 is 2.90 bits per heavy atom. The molecule has 6 heteroatoms. The predicted octanol–water partition coefficient (Wildman–Crippen LogP) is -1.33. The van der Waals surface area contributed by atoms with Gasteiger partial charge in [0.05, 0.1) is 0 Å². The highest BCUT2D eigenvalue weighted by atomic mass is 16.7. The van der Waals surface area contributed by atoms with Gasteiger partial charge in [-0.25, -0.2) is 9.89 Å². The molecule has 0 aromatic carbocycles. The highest BCUT2D eigenvalue weighted by Crippen LogP contribution is 1.90. The third-order valence-corrected chi connectivity index (χ3v) is 1.04. The number of anilines is 1. The van der Waals surface area contributed by atoms with Crippen molar-refractivity contribution < 1.29 is 4.84 Å². The van der Waals surface area contributed by atoms with Crippen molar-refractivity contribution in [3.05, 3.63) is 10.5 Å².